The zero-order chi connectivity index (χ0) is 18.4. The third-order valence-corrected chi connectivity index (χ3v) is 3.64. The Balaban J connectivity index is 1.65. The van der Waals surface area contributed by atoms with Crippen molar-refractivity contribution in [3.05, 3.63) is 60.5 Å². The summed E-state index contributed by atoms with van der Waals surface area (Å²) in [5.41, 5.74) is 8.30. The number of methoxy groups -OCH3 is 2. The van der Waals surface area contributed by atoms with Crippen LogP contribution in [-0.2, 0) is 6.54 Å². The molecule has 0 aliphatic heterocycles. The van der Waals surface area contributed by atoms with Crippen LogP contribution in [0.5, 0.6) is 11.5 Å². The average Bonchev–Trinajstić information content (AvgIpc) is 3.16. The monoisotopic (exact) mass is 352 g/mol. The minimum Gasteiger partial charge on any atom is -0.493 e. The van der Waals surface area contributed by atoms with Crippen LogP contribution in [0, 0.1) is 0 Å². The van der Waals surface area contributed by atoms with Crippen LogP contribution in [-0.4, -0.2) is 25.2 Å². The molecule has 0 atom stereocenters. The molecule has 3 rings (SSSR count). The molecular formula is C19H20N4O3. The van der Waals surface area contributed by atoms with Gasteiger partial charge in [0.1, 0.15) is 12.0 Å². The highest BCUT2D eigenvalue weighted by molar-refractivity contribution is 5.92. The lowest BCUT2D eigenvalue weighted by Gasteiger charge is -2.10. The smallest absolute Gasteiger partial charge is 0.226 e. The predicted molar refractivity (Wildman–Crippen MR) is 100 cm³/mol. The van der Waals surface area contributed by atoms with Crippen LogP contribution in [0.15, 0.2) is 64.2 Å². The van der Waals surface area contributed by atoms with Gasteiger partial charge in [0.2, 0.25) is 5.89 Å². The van der Waals surface area contributed by atoms with E-state index < -0.39 is 0 Å². The van der Waals surface area contributed by atoms with Crippen LogP contribution in [0.25, 0.3) is 11.5 Å². The summed E-state index contributed by atoms with van der Waals surface area (Å²) in [6, 6.07) is 15.1. The maximum absolute atomic E-state index is 5.94. The molecule has 7 heteroatoms. The summed E-state index contributed by atoms with van der Waals surface area (Å²) in [5, 5.41) is 3.01. The van der Waals surface area contributed by atoms with Crippen LogP contribution < -0.4 is 20.5 Å². The zero-order valence-electron chi connectivity index (χ0n) is 14.6. The number of aliphatic imine (C=N–C) groups is 1. The van der Waals surface area contributed by atoms with Crippen molar-refractivity contribution in [1.82, 2.24) is 4.98 Å². The molecule has 26 heavy (non-hydrogen) atoms. The van der Waals surface area contributed by atoms with Crippen molar-refractivity contribution in [2.24, 2.45) is 10.7 Å². The molecule has 1 aromatic heterocycles. The number of ether oxygens (including phenoxy) is 2. The summed E-state index contributed by atoms with van der Waals surface area (Å²) in [5.74, 6) is 2.07. The van der Waals surface area contributed by atoms with Gasteiger partial charge >= 0.3 is 0 Å². The molecule has 0 fully saturated rings. The van der Waals surface area contributed by atoms with Crippen molar-refractivity contribution in [2.75, 3.05) is 19.5 Å². The number of hydrogen-bond donors (Lipinski definition) is 2. The van der Waals surface area contributed by atoms with E-state index in [1.165, 1.54) is 0 Å². The fourth-order valence-corrected chi connectivity index (χ4v) is 2.36. The number of anilines is 1. The first kappa shape index (κ1) is 17.3. The van der Waals surface area contributed by atoms with Crippen LogP contribution in [0.1, 0.15) is 5.69 Å². The zero-order valence-corrected chi connectivity index (χ0v) is 14.6. The van der Waals surface area contributed by atoms with E-state index in [1.54, 1.807) is 32.6 Å². The van der Waals surface area contributed by atoms with Gasteiger partial charge in [-0.2, -0.15) is 0 Å². The lowest BCUT2D eigenvalue weighted by molar-refractivity contribution is 0.355. The summed E-state index contributed by atoms with van der Waals surface area (Å²) in [6.45, 7) is 0.308. The van der Waals surface area contributed by atoms with E-state index in [0.29, 0.717) is 29.6 Å². The van der Waals surface area contributed by atoms with Crippen molar-refractivity contribution >= 4 is 11.6 Å². The highest BCUT2D eigenvalue weighted by Gasteiger charge is 2.07. The topological polar surface area (TPSA) is 94.9 Å². The van der Waals surface area contributed by atoms with E-state index in [0.717, 1.165) is 11.3 Å². The molecule has 0 saturated carbocycles. The van der Waals surface area contributed by atoms with Gasteiger partial charge in [-0.1, -0.05) is 18.2 Å². The lowest BCUT2D eigenvalue weighted by atomic mass is 10.2. The average molecular weight is 352 g/mol. The largest absolute Gasteiger partial charge is 0.493 e. The molecule has 0 aliphatic rings. The molecule has 3 aromatic rings. The van der Waals surface area contributed by atoms with Crippen LogP contribution in [0.2, 0.25) is 0 Å². The number of oxazole rings is 1. The Morgan fingerprint density at radius 1 is 1.12 bits per heavy atom. The number of nitrogens with zero attached hydrogens (tertiary/aromatic N) is 2. The summed E-state index contributed by atoms with van der Waals surface area (Å²) in [4.78, 5) is 8.70. The molecule has 0 amide bonds. The minimum atomic E-state index is 0.265. The predicted octanol–water partition coefficient (Wildman–Crippen LogP) is 3.29. The lowest BCUT2D eigenvalue weighted by Crippen LogP contribution is -2.22. The third-order valence-electron chi connectivity index (χ3n) is 3.64. The van der Waals surface area contributed by atoms with Crippen molar-refractivity contribution in [2.45, 2.75) is 6.54 Å². The van der Waals surface area contributed by atoms with E-state index in [1.807, 2.05) is 36.4 Å². The van der Waals surface area contributed by atoms with E-state index in [9.17, 15) is 0 Å². The number of aromatic nitrogens is 1. The number of nitrogens with two attached hydrogens (primary N) is 1. The highest BCUT2D eigenvalue weighted by atomic mass is 16.5. The molecule has 0 radical (unpaired) electrons. The van der Waals surface area contributed by atoms with Gasteiger partial charge in [0.25, 0.3) is 0 Å². The second kappa shape index (κ2) is 8.06. The molecule has 7 nitrogen and oxygen atoms in total. The van der Waals surface area contributed by atoms with Gasteiger partial charge in [-0.05, 0) is 24.3 Å². The fourth-order valence-electron chi connectivity index (χ4n) is 2.36. The first-order valence-electron chi connectivity index (χ1n) is 7.98. The molecular weight excluding hydrogens is 332 g/mol. The number of rotatable bonds is 6. The third kappa shape index (κ3) is 4.13. The quantitative estimate of drug-likeness (QED) is 0.522. The fraction of sp³-hybridized carbons (Fsp3) is 0.158. The summed E-state index contributed by atoms with van der Waals surface area (Å²) < 4.78 is 16.0. The number of guanidine groups is 1. The van der Waals surface area contributed by atoms with E-state index >= 15 is 0 Å². The second-order valence-electron chi connectivity index (χ2n) is 5.41. The Labute approximate surface area is 151 Å². The van der Waals surface area contributed by atoms with Gasteiger partial charge in [0.15, 0.2) is 17.5 Å². The first-order chi connectivity index (χ1) is 12.7. The Morgan fingerprint density at radius 3 is 2.62 bits per heavy atom. The summed E-state index contributed by atoms with van der Waals surface area (Å²) in [6.07, 6.45) is 1.58. The van der Waals surface area contributed by atoms with Gasteiger partial charge in [-0.3, -0.25) is 0 Å². The Hall–Kier alpha value is -3.48. The van der Waals surface area contributed by atoms with Crippen molar-refractivity contribution in [3.63, 3.8) is 0 Å². The molecule has 0 aliphatic carbocycles. The maximum Gasteiger partial charge on any atom is 0.226 e. The molecule has 1 heterocycles. The Bertz CT molecular complexity index is 891. The highest BCUT2D eigenvalue weighted by Crippen LogP contribution is 2.29. The van der Waals surface area contributed by atoms with Gasteiger partial charge in [0.05, 0.1) is 20.8 Å². The van der Waals surface area contributed by atoms with Crippen molar-refractivity contribution in [3.8, 4) is 23.0 Å². The normalized spacial score (nSPS) is 11.2. The number of nitrogens with one attached hydrogen (secondary N) is 1. The van der Waals surface area contributed by atoms with Crippen molar-refractivity contribution < 1.29 is 13.9 Å². The van der Waals surface area contributed by atoms with Gasteiger partial charge < -0.3 is 24.9 Å². The Kier molecular flexibility index (Phi) is 5.38. The van der Waals surface area contributed by atoms with Crippen LogP contribution in [0.4, 0.5) is 5.69 Å². The van der Waals surface area contributed by atoms with Gasteiger partial charge in [-0.25, -0.2) is 9.98 Å². The maximum atomic E-state index is 5.94. The minimum absolute atomic E-state index is 0.265. The van der Waals surface area contributed by atoms with Gasteiger partial charge in [-0.15, -0.1) is 0 Å². The van der Waals surface area contributed by atoms with E-state index in [2.05, 4.69) is 15.3 Å². The summed E-state index contributed by atoms with van der Waals surface area (Å²) >= 11 is 0. The second-order valence-corrected chi connectivity index (χ2v) is 5.41. The first-order valence-corrected chi connectivity index (χ1v) is 7.98. The SMILES string of the molecule is COc1ccc(NC(N)=NCc2coc(-c3ccccc3)n2)cc1OC. The number of hydrogen-bond acceptors (Lipinski definition) is 5. The molecule has 0 spiro atoms. The Morgan fingerprint density at radius 2 is 1.88 bits per heavy atom. The number of benzene rings is 2. The van der Waals surface area contributed by atoms with Crippen LogP contribution in [0.3, 0.4) is 0 Å². The van der Waals surface area contributed by atoms with E-state index in [-0.39, 0.29) is 5.96 Å². The molecule has 0 saturated heterocycles. The summed E-state index contributed by atoms with van der Waals surface area (Å²) in [7, 11) is 3.16. The van der Waals surface area contributed by atoms with E-state index in [4.69, 9.17) is 19.6 Å². The molecule has 3 N–H and O–H groups in total. The molecule has 2 aromatic carbocycles. The molecule has 0 bridgehead atoms. The molecule has 134 valence electrons. The standard InChI is InChI=1S/C19H20N4O3/c1-24-16-9-8-14(10-17(16)25-2)23-19(20)21-11-15-12-26-18(22-15)13-6-4-3-5-7-13/h3-10,12H,11H2,1-2H3,(H3,20,21,23). The van der Waals surface area contributed by atoms with Crippen LogP contribution >= 0.6 is 0 Å². The van der Waals surface area contributed by atoms with Gasteiger partial charge in [0, 0.05) is 17.3 Å². The van der Waals surface area contributed by atoms with Crippen molar-refractivity contribution in [1.29, 1.82) is 0 Å². The molecule has 0 unspecified atom stereocenters.